The molecule has 0 spiro atoms. The van der Waals surface area contributed by atoms with Crippen LogP contribution in [0, 0.1) is 5.82 Å². The average Bonchev–Trinajstić information content (AvgIpc) is 3.06. The van der Waals surface area contributed by atoms with E-state index in [4.69, 9.17) is 0 Å². The Morgan fingerprint density at radius 3 is 2.50 bits per heavy atom. The maximum atomic E-state index is 13.0. The van der Waals surface area contributed by atoms with Crippen LogP contribution in [0.4, 0.5) is 19.7 Å². The molecule has 0 aromatic heterocycles. The molecule has 9 heteroatoms. The van der Waals surface area contributed by atoms with Crippen molar-refractivity contribution in [3.05, 3.63) is 30.1 Å². The Balaban J connectivity index is 1.79. The van der Waals surface area contributed by atoms with Crippen molar-refractivity contribution in [3.63, 3.8) is 0 Å². The molecule has 24 heavy (non-hydrogen) atoms. The maximum absolute atomic E-state index is 13.0. The van der Waals surface area contributed by atoms with Gasteiger partial charge in [-0.1, -0.05) is 0 Å². The van der Waals surface area contributed by atoms with Crippen LogP contribution in [-0.4, -0.2) is 59.4 Å². The predicted octanol–water partition coefficient (Wildman–Crippen LogP) is 0.535. The molecular weight excluding hydrogens is 319 g/mol. The van der Waals surface area contributed by atoms with E-state index in [2.05, 4.69) is 5.32 Å². The van der Waals surface area contributed by atoms with Crippen molar-refractivity contribution in [1.29, 1.82) is 0 Å². The number of carbonyl (C=O) groups is 4. The van der Waals surface area contributed by atoms with Gasteiger partial charge in [-0.05, 0) is 31.2 Å². The molecule has 0 aliphatic carbocycles. The molecule has 0 bridgehead atoms. The summed E-state index contributed by atoms with van der Waals surface area (Å²) in [7, 11) is 0. The third-order valence-corrected chi connectivity index (χ3v) is 4.00. The zero-order valence-electron chi connectivity index (χ0n) is 12.9. The van der Waals surface area contributed by atoms with Gasteiger partial charge in [-0.25, -0.2) is 14.0 Å². The van der Waals surface area contributed by atoms with E-state index < -0.39 is 42.3 Å². The lowest BCUT2D eigenvalue weighted by Crippen LogP contribution is -2.44. The highest BCUT2D eigenvalue weighted by atomic mass is 19.1. The van der Waals surface area contributed by atoms with Crippen molar-refractivity contribution in [3.8, 4) is 0 Å². The fourth-order valence-electron chi connectivity index (χ4n) is 2.74. The first-order valence-corrected chi connectivity index (χ1v) is 7.38. The van der Waals surface area contributed by atoms with E-state index in [1.165, 1.54) is 36.1 Å². The summed E-state index contributed by atoms with van der Waals surface area (Å²) in [6, 6.07) is 3.11. The molecule has 2 aliphatic rings. The Bertz CT molecular complexity index is 721. The summed E-state index contributed by atoms with van der Waals surface area (Å²) >= 11 is 0. The molecule has 2 heterocycles. The van der Waals surface area contributed by atoms with E-state index in [0.717, 1.165) is 9.80 Å². The number of hydrogen-bond donors (Lipinski definition) is 1. The van der Waals surface area contributed by atoms with Gasteiger partial charge < -0.3 is 5.32 Å². The van der Waals surface area contributed by atoms with Crippen LogP contribution < -0.4 is 10.2 Å². The molecule has 2 fully saturated rings. The molecule has 1 aromatic rings. The summed E-state index contributed by atoms with van der Waals surface area (Å²) in [5, 5.41) is 2.48. The molecule has 1 atom stereocenters. The molecule has 6 amide bonds. The number of benzene rings is 1. The number of anilines is 1. The fourth-order valence-corrected chi connectivity index (χ4v) is 2.74. The van der Waals surface area contributed by atoms with Crippen LogP contribution in [0.3, 0.4) is 0 Å². The molecule has 3 rings (SSSR count). The van der Waals surface area contributed by atoms with Gasteiger partial charge in [0, 0.05) is 18.8 Å². The quantitative estimate of drug-likeness (QED) is 0.817. The molecule has 0 radical (unpaired) electrons. The van der Waals surface area contributed by atoms with Crippen molar-refractivity contribution in [2.75, 3.05) is 24.5 Å². The fraction of sp³-hybridized carbons (Fsp3) is 0.333. The lowest BCUT2D eigenvalue weighted by Gasteiger charge is -2.20. The van der Waals surface area contributed by atoms with E-state index in [-0.39, 0.29) is 6.54 Å². The van der Waals surface area contributed by atoms with Gasteiger partial charge in [0.15, 0.2) is 0 Å². The number of urea groups is 2. The highest BCUT2D eigenvalue weighted by Gasteiger charge is 2.45. The Labute approximate surface area is 136 Å². The minimum absolute atomic E-state index is 0.200. The second-order valence-electron chi connectivity index (χ2n) is 5.51. The minimum Gasteiger partial charge on any atom is -0.336 e. The zero-order valence-corrected chi connectivity index (χ0v) is 12.9. The van der Waals surface area contributed by atoms with Gasteiger partial charge in [0.05, 0.1) is 0 Å². The van der Waals surface area contributed by atoms with Gasteiger partial charge in [-0.2, -0.15) is 0 Å². The first-order valence-electron chi connectivity index (χ1n) is 7.38. The van der Waals surface area contributed by atoms with Gasteiger partial charge in [0.2, 0.25) is 0 Å². The van der Waals surface area contributed by atoms with Gasteiger partial charge >= 0.3 is 12.1 Å². The Morgan fingerprint density at radius 2 is 1.92 bits per heavy atom. The molecule has 0 unspecified atom stereocenters. The van der Waals surface area contributed by atoms with Crippen molar-refractivity contribution in [1.82, 2.24) is 15.1 Å². The zero-order chi connectivity index (χ0) is 17.4. The monoisotopic (exact) mass is 334 g/mol. The largest absolute Gasteiger partial charge is 0.336 e. The van der Waals surface area contributed by atoms with E-state index in [1.807, 2.05) is 0 Å². The molecule has 2 saturated heterocycles. The smallest absolute Gasteiger partial charge is 0.332 e. The van der Waals surface area contributed by atoms with Crippen molar-refractivity contribution < 1.29 is 23.6 Å². The van der Waals surface area contributed by atoms with Gasteiger partial charge in [0.1, 0.15) is 18.4 Å². The van der Waals surface area contributed by atoms with Crippen LogP contribution in [-0.2, 0) is 9.59 Å². The molecule has 2 aliphatic heterocycles. The Kier molecular flexibility index (Phi) is 3.92. The van der Waals surface area contributed by atoms with Crippen LogP contribution >= 0.6 is 0 Å². The summed E-state index contributed by atoms with van der Waals surface area (Å²) < 4.78 is 13.0. The second kappa shape index (κ2) is 5.91. The topological polar surface area (TPSA) is 90.0 Å². The SMILES string of the molecule is C[C@H]1C(=O)N(CC(=O)N2CCNC2=O)C(=O)N1c1ccc(F)cc1. The number of hydrogen-bond acceptors (Lipinski definition) is 4. The average molecular weight is 334 g/mol. The lowest BCUT2D eigenvalue weighted by atomic mass is 10.2. The van der Waals surface area contributed by atoms with E-state index in [0.29, 0.717) is 12.2 Å². The standard InChI is InChI=1S/C15H15FN4O4/c1-9-13(22)19(8-12(21)18-7-6-17-14(18)23)15(24)20(9)11-4-2-10(16)3-5-11/h2-5,9H,6-8H2,1H3,(H,17,23)/t9-/m0/s1. The van der Waals surface area contributed by atoms with Crippen molar-refractivity contribution in [2.45, 2.75) is 13.0 Å². The van der Waals surface area contributed by atoms with Crippen molar-refractivity contribution in [2.24, 2.45) is 0 Å². The third-order valence-electron chi connectivity index (χ3n) is 4.00. The predicted molar refractivity (Wildman–Crippen MR) is 80.6 cm³/mol. The Hall–Kier alpha value is -2.97. The molecular formula is C15H15FN4O4. The number of imide groups is 2. The third kappa shape index (κ3) is 2.57. The highest BCUT2D eigenvalue weighted by Crippen LogP contribution is 2.26. The molecule has 1 aromatic carbocycles. The minimum atomic E-state index is -0.817. The first-order chi connectivity index (χ1) is 11.4. The van der Waals surface area contributed by atoms with Crippen LogP contribution in [0.25, 0.3) is 0 Å². The summed E-state index contributed by atoms with van der Waals surface area (Å²) in [5.41, 5.74) is 0.358. The van der Waals surface area contributed by atoms with E-state index in [9.17, 15) is 23.6 Å². The number of carbonyl (C=O) groups excluding carboxylic acids is 4. The molecule has 8 nitrogen and oxygen atoms in total. The summed E-state index contributed by atoms with van der Waals surface area (Å²) in [6.07, 6.45) is 0. The van der Waals surface area contributed by atoms with Gasteiger partial charge in [-0.3, -0.25) is 24.3 Å². The van der Waals surface area contributed by atoms with Crippen LogP contribution in [0.5, 0.6) is 0 Å². The normalized spacial score (nSPS) is 20.8. The van der Waals surface area contributed by atoms with Crippen molar-refractivity contribution >= 4 is 29.6 Å². The van der Waals surface area contributed by atoms with Gasteiger partial charge in [-0.15, -0.1) is 0 Å². The Morgan fingerprint density at radius 1 is 1.25 bits per heavy atom. The van der Waals surface area contributed by atoms with Crippen LogP contribution in [0.1, 0.15) is 6.92 Å². The number of nitrogens with zero attached hydrogens (tertiary/aromatic N) is 3. The van der Waals surface area contributed by atoms with Gasteiger partial charge in [0.25, 0.3) is 11.8 Å². The van der Waals surface area contributed by atoms with Crippen LogP contribution in [0.2, 0.25) is 0 Å². The number of rotatable bonds is 3. The van der Waals surface area contributed by atoms with E-state index in [1.54, 1.807) is 0 Å². The van der Waals surface area contributed by atoms with E-state index >= 15 is 0 Å². The molecule has 1 N–H and O–H groups in total. The molecule has 0 saturated carbocycles. The maximum Gasteiger partial charge on any atom is 0.332 e. The molecule has 126 valence electrons. The summed E-state index contributed by atoms with van der Waals surface area (Å²) in [4.78, 5) is 51.4. The lowest BCUT2D eigenvalue weighted by molar-refractivity contribution is -0.135. The summed E-state index contributed by atoms with van der Waals surface area (Å²) in [5.74, 6) is -1.63. The second-order valence-corrected chi connectivity index (χ2v) is 5.51. The number of halogens is 1. The summed E-state index contributed by atoms with van der Waals surface area (Å²) in [6.45, 7) is 1.56. The number of nitrogens with one attached hydrogen (secondary N) is 1. The highest BCUT2D eigenvalue weighted by molar-refractivity contribution is 6.15. The number of amides is 6. The van der Waals surface area contributed by atoms with Crippen LogP contribution in [0.15, 0.2) is 24.3 Å². The first kappa shape index (κ1) is 15.9.